The molecule has 1 aromatic carbocycles. The Morgan fingerprint density at radius 3 is 2.48 bits per heavy atom. The fourth-order valence-electron chi connectivity index (χ4n) is 2.82. The third-order valence-corrected chi connectivity index (χ3v) is 5.14. The number of alkyl halides is 3. The van der Waals surface area contributed by atoms with Crippen molar-refractivity contribution in [2.75, 3.05) is 6.26 Å². The first kappa shape index (κ1) is 17.8. The minimum absolute atomic E-state index is 0.00216. The molecule has 8 heteroatoms. The van der Waals surface area contributed by atoms with E-state index >= 15 is 0 Å². The minimum Gasteiger partial charge on any atom is -0.349 e. The summed E-state index contributed by atoms with van der Waals surface area (Å²) in [6.45, 7) is 0. The number of hydrogen-bond donors (Lipinski definition) is 1. The largest absolute Gasteiger partial charge is 0.393 e. The summed E-state index contributed by atoms with van der Waals surface area (Å²) in [6, 6.07) is 4.32. The van der Waals surface area contributed by atoms with E-state index in [-0.39, 0.29) is 23.3 Å². The number of carbonyl (C=O) groups excluding carboxylic acids is 1. The van der Waals surface area contributed by atoms with Crippen LogP contribution in [0.5, 0.6) is 0 Å². The van der Waals surface area contributed by atoms with Crippen molar-refractivity contribution in [2.24, 2.45) is 5.92 Å². The molecular weight excluding hydrogens is 331 g/mol. The number of rotatable bonds is 3. The second-order valence-corrected chi connectivity index (χ2v) is 7.83. The Morgan fingerprint density at radius 2 is 1.87 bits per heavy atom. The highest BCUT2D eigenvalue weighted by Crippen LogP contribution is 2.37. The first-order valence-corrected chi connectivity index (χ1v) is 9.16. The molecule has 1 aromatic rings. The van der Waals surface area contributed by atoms with Gasteiger partial charge in [0.05, 0.1) is 10.8 Å². The molecule has 0 saturated heterocycles. The SMILES string of the molecule is CS(=O)(=O)c1cccc(C(=O)N[C@@H]2CCCC[C@H]2C(F)(F)F)c1. The molecule has 2 rings (SSSR count). The van der Waals surface area contributed by atoms with Crippen molar-refractivity contribution in [1.82, 2.24) is 5.32 Å². The van der Waals surface area contributed by atoms with E-state index in [0.717, 1.165) is 6.26 Å². The Hall–Kier alpha value is -1.57. The maximum atomic E-state index is 13.0. The van der Waals surface area contributed by atoms with Crippen LogP contribution in [-0.4, -0.2) is 32.8 Å². The van der Waals surface area contributed by atoms with Crippen LogP contribution in [0.15, 0.2) is 29.2 Å². The molecule has 0 spiro atoms. The number of carbonyl (C=O) groups is 1. The van der Waals surface area contributed by atoms with Crippen LogP contribution in [0, 0.1) is 5.92 Å². The van der Waals surface area contributed by atoms with E-state index in [1.54, 1.807) is 0 Å². The first-order chi connectivity index (χ1) is 10.6. The van der Waals surface area contributed by atoms with E-state index in [1.807, 2.05) is 0 Å². The molecule has 1 saturated carbocycles. The third-order valence-electron chi connectivity index (χ3n) is 4.03. The molecule has 4 nitrogen and oxygen atoms in total. The van der Waals surface area contributed by atoms with Gasteiger partial charge in [0.25, 0.3) is 5.91 Å². The molecule has 23 heavy (non-hydrogen) atoms. The number of sulfone groups is 1. The van der Waals surface area contributed by atoms with E-state index in [2.05, 4.69) is 5.32 Å². The van der Waals surface area contributed by atoms with Gasteiger partial charge < -0.3 is 5.32 Å². The Balaban J connectivity index is 2.18. The van der Waals surface area contributed by atoms with Gasteiger partial charge in [-0.15, -0.1) is 0 Å². The molecule has 2 atom stereocenters. The van der Waals surface area contributed by atoms with Crippen molar-refractivity contribution in [1.29, 1.82) is 0 Å². The van der Waals surface area contributed by atoms with Gasteiger partial charge in [0.15, 0.2) is 9.84 Å². The van der Waals surface area contributed by atoms with E-state index in [9.17, 15) is 26.4 Å². The molecule has 128 valence electrons. The summed E-state index contributed by atoms with van der Waals surface area (Å²) in [6.07, 6.45) is -1.97. The molecule has 1 amide bonds. The minimum atomic E-state index is -4.35. The maximum absolute atomic E-state index is 13.0. The van der Waals surface area contributed by atoms with Gasteiger partial charge in [-0.25, -0.2) is 8.42 Å². The predicted octanol–water partition coefficient (Wildman–Crippen LogP) is 2.94. The third kappa shape index (κ3) is 4.46. The maximum Gasteiger partial charge on any atom is 0.393 e. The number of amides is 1. The number of nitrogens with one attached hydrogen (secondary N) is 1. The van der Waals surface area contributed by atoms with Crippen LogP contribution < -0.4 is 5.32 Å². The second kappa shape index (κ2) is 6.51. The molecule has 1 N–H and O–H groups in total. The zero-order valence-corrected chi connectivity index (χ0v) is 13.4. The van der Waals surface area contributed by atoms with Crippen LogP contribution >= 0.6 is 0 Å². The van der Waals surface area contributed by atoms with Crippen LogP contribution in [0.1, 0.15) is 36.0 Å². The predicted molar refractivity (Wildman–Crippen MR) is 78.8 cm³/mol. The van der Waals surface area contributed by atoms with Gasteiger partial charge >= 0.3 is 6.18 Å². The molecule has 0 radical (unpaired) electrons. The molecule has 0 bridgehead atoms. The molecular formula is C15H18F3NO3S. The molecule has 0 heterocycles. The van der Waals surface area contributed by atoms with Gasteiger partial charge in [-0.2, -0.15) is 13.2 Å². The average Bonchev–Trinajstić information content (AvgIpc) is 2.46. The molecule has 1 aliphatic rings. The van der Waals surface area contributed by atoms with Crippen molar-refractivity contribution in [3.8, 4) is 0 Å². The number of halogens is 3. The standard InChI is InChI=1S/C15H18F3NO3S/c1-23(21,22)11-6-4-5-10(9-11)14(20)19-13-8-3-2-7-12(13)15(16,17)18/h4-6,9,12-13H,2-3,7-8H2,1H3,(H,19,20)/t12-,13-/m1/s1. The highest BCUT2D eigenvalue weighted by Gasteiger charge is 2.46. The van der Waals surface area contributed by atoms with Crippen LogP contribution in [0.4, 0.5) is 13.2 Å². The Labute approximate surface area is 133 Å². The van der Waals surface area contributed by atoms with Crippen molar-refractivity contribution >= 4 is 15.7 Å². The summed E-state index contributed by atoms with van der Waals surface area (Å²) in [5, 5.41) is 2.42. The lowest BCUT2D eigenvalue weighted by Crippen LogP contribution is -2.47. The van der Waals surface area contributed by atoms with Crippen LogP contribution in [0.2, 0.25) is 0 Å². The van der Waals surface area contributed by atoms with E-state index in [1.165, 1.54) is 24.3 Å². The number of hydrogen-bond acceptors (Lipinski definition) is 3. The average molecular weight is 349 g/mol. The summed E-state index contributed by atoms with van der Waals surface area (Å²) in [7, 11) is -3.49. The Bertz CT molecular complexity index is 685. The molecule has 0 unspecified atom stereocenters. The van der Waals surface area contributed by atoms with Crippen LogP contribution in [-0.2, 0) is 9.84 Å². The smallest absolute Gasteiger partial charge is 0.349 e. The highest BCUT2D eigenvalue weighted by molar-refractivity contribution is 7.90. The van der Waals surface area contributed by atoms with Crippen LogP contribution in [0.3, 0.4) is 0 Å². The topological polar surface area (TPSA) is 63.2 Å². The summed E-state index contributed by atoms with van der Waals surface area (Å²) in [5.41, 5.74) is 0.0411. The second-order valence-electron chi connectivity index (χ2n) is 5.81. The zero-order chi connectivity index (χ0) is 17.3. The quantitative estimate of drug-likeness (QED) is 0.913. The van der Waals surface area contributed by atoms with E-state index in [0.29, 0.717) is 12.8 Å². The Kier molecular flexibility index (Phi) is 5.03. The monoisotopic (exact) mass is 349 g/mol. The summed E-state index contributed by atoms with van der Waals surface area (Å²) >= 11 is 0. The number of benzene rings is 1. The van der Waals surface area contributed by atoms with Crippen molar-refractivity contribution in [3.63, 3.8) is 0 Å². The van der Waals surface area contributed by atoms with Gasteiger partial charge in [-0.3, -0.25) is 4.79 Å². The fourth-order valence-corrected chi connectivity index (χ4v) is 3.48. The Morgan fingerprint density at radius 1 is 1.22 bits per heavy atom. The van der Waals surface area contributed by atoms with E-state index < -0.39 is 33.9 Å². The lowest BCUT2D eigenvalue weighted by molar-refractivity contribution is -0.187. The molecule has 0 aliphatic heterocycles. The lowest BCUT2D eigenvalue weighted by Gasteiger charge is -2.33. The van der Waals surface area contributed by atoms with Crippen LogP contribution in [0.25, 0.3) is 0 Å². The molecule has 0 aromatic heterocycles. The molecule has 1 aliphatic carbocycles. The summed E-state index contributed by atoms with van der Waals surface area (Å²) in [5.74, 6) is -2.24. The normalized spacial score (nSPS) is 22.6. The summed E-state index contributed by atoms with van der Waals surface area (Å²) in [4.78, 5) is 12.2. The first-order valence-electron chi connectivity index (χ1n) is 7.27. The fraction of sp³-hybridized carbons (Fsp3) is 0.533. The van der Waals surface area contributed by atoms with Gasteiger partial charge in [0.2, 0.25) is 0 Å². The van der Waals surface area contributed by atoms with Gasteiger partial charge in [-0.05, 0) is 31.0 Å². The van der Waals surface area contributed by atoms with Gasteiger partial charge in [0.1, 0.15) is 0 Å². The van der Waals surface area contributed by atoms with Crippen molar-refractivity contribution in [2.45, 2.75) is 42.8 Å². The highest BCUT2D eigenvalue weighted by atomic mass is 32.2. The van der Waals surface area contributed by atoms with Crippen molar-refractivity contribution in [3.05, 3.63) is 29.8 Å². The van der Waals surface area contributed by atoms with Gasteiger partial charge in [0, 0.05) is 17.9 Å². The lowest BCUT2D eigenvalue weighted by atomic mass is 9.84. The van der Waals surface area contributed by atoms with E-state index in [4.69, 9.17) is 0 Å². The summed E-state index contributed by atoms with van der Waals surface area (Å²) < 4.78 is 62.1. The van der Waals surface area contributed by atoms with Gasteiger partial charge in [-0.1, -0.05) is 18.9 Å². The molecule has 1 fully saturated rings. The zero-order valence-electron chi connectivity index (χ0n) is 12.6. The van der Waals surface area contributed by atoms with Crippen molar-refractivity contribution < 1.29 is 26.4 Å².